The average molecular weight is 450 g/mol. The predicted molar refractivity (Wildman–Crippen MR) is 112 cm³/mol. The molecule has 3 rings (SSSR count). The van der Waals surface area contributed by atoms with Gasteiger partial charge in [-0.15, -0.1) is 11.3 Å². The van der Waals surface area contributed by atoms with Gasteiger partial charge >= 0.3 is 0 Å². The van der Waals surface area contributed by atoms with E-state index in [4.69, 9.17) is 11.6 Å². The van der Waals surface area contributed by atoms with Gasteiger partial charge in [0.1, 0.15) is 4.21 Å². The lowest BCUT2D eigenvalue weighted by molar-refractivity contribution is -0.121. The van der Waals surface area contributed by atoms with Crippen LogP contribution < -0.4 is 15.6 Å². The first kappa shape index (κ1) is 20.8. The lowest BCUT2D eigenvalue weighted by atomic mass is 10.1. The van der Waals surface area contributed by atoms with Crippen LogP contribution in [0.1, 0.15) is 15.9 Å². The van der Waals surface area contributed by atoms with Gasteiger partial charge in [0, 0.05) is 16.3 Å². The highest BCUT2D eigenvalue weighted by Gasteiger charge is 2.15. The zero-order valence-corrected chi connectivity index (χ0v) is 17.3. The normalized spacial score (nSPS) is 10.9. The number of sulfonamides is 1. The number of anilines is 1. The zero-order valence-electron chi connectivity index (χ0n) is 14.9. The van der Waals surface area contributed by atoms with Crippen molar-refractivity contribution in [3.8, 4) is 0 Å². The molecular weight excluding hydrogens is 434 g/mol. The van der Waals surface area contributed by atoms with Gasteiger partial charge in [-0.1, -0.05) is 35.9 Å². The van der Waals surface area contributed by atoms with Crippen molar-refractivity contribution in [2.45, 2.75) is 10.6 Å². The van der Waals surface area contributed by atoms with E-state index in [-0.39, 0.29) is 16.2 Å². The van der Waals surface area contributed by atoms with Gasteiger partial charge < -0.3 is 0 Å². The molecule has 0 saturated carbocycles. The SMILES string of the molecule is O=C(Cc1ccccc1Cl)NNC(=O)c1ccc(NS(=O)(=O)c2cccs2)cc1. The summed E-state index contributed by atoms with van der Waals surface area (Å²) < 4.78 is 27.0. The number of hydrogen-bond acceptors (Lipinski definition) is 5. The Morgan fingerprint density at radius 1 is 0.931 bits per heavy atom. The van der Waals surface area contributed by atoms with Crippen LogP contribution in [-0.4, -0.2) is 20.2 Å². The molecule has 0 unspecified atom stereocenters. The zero-order chi connectivity index (χ0) is 20.9. The molecule has 7 nitrogen and oxygen atoms in total. The monoisotopic (exact) mass is 449 g/mol. The molecule has 0 atom stereocenters. The third-order valence-electron chi connectivity index (χ3n) is 3.78. The third-order valence-corrected chi connectivity index (χ3v) is 6.93. The van der Waals surface area contributed by atoms with E-state index in [1.807, 2.05) is 0 Å². The number of thiophene rings is 1. The van der Waals surface area contributed by atoms with E-state index in [1.54, 1.807) is 35.7 Å². The first-order valence-electron chi connectivity index (χ1n) is 8.34. The van der Waals surface area contributed by atoms with Crippen molar-refractivity contribution in [2.24, 2.45) is 0 Å². The lowest BCUT2D eigenvalue weighted by Gasteiger charge is -2.09. The highest BCUT2D eigenvalue weighted by Crippen LogP contribution is 2.20. The maximum Gasteiger partial charge on any atom is 0.271 e. The minimum atomic E-state index is -3.66. The van der Waals surface area contributed by atoms with Crippen LogP contribution in [0, 0.1) is 0 Å². The molecule has 0 radical (unpaired) electrons. The molecule has 2 amide bonds. The Morgan fingerprint density at radius 3 is 2.31 bits per heavy atom. The molecule has 0 spiro atoms. The molecule has 3 N–H and O–H groups in total. The van der Waals surface area contributed by atoms with Gasteiger partial charge in [0.25, 0.3) is 15.9 Å². The molecule has 29 heavy (non-hydrogen) atoms. The Balaban J connectivity index is 1.55. The van der Waals surface area contributed by atoms with Gasteiger partial charge in [0.05, 0.1) is 6.42 Å². The summed E-state index contributed by atoms with van der Waals surface area (Å²) in [5, 5.41) is 2.14. The Hall–Kier alpha value is -2.88. The first-order valence-corrected chi connectivity index (χ1v) is 11.1. The smallest absolute Gasteiger partial charge is 0.271 e. The van der Waals surface area contributed by atoms with E-state index < -0.39 is 21.8 Å². The van der Waals surface area contributed by atoms with Crippen molar-refractivity contribution in [3.05, 3.63) is 82.2 Å². The number of benzene rings is 2. The number of halogens is 1. The Labute approximate surface area is 176 Å². The lowest BCUT2D eigenvalue weighted by Crippen LogP contribution is -2.42. The van der Waals surface area contributed by atoms with E-state index >= 15 is 0 Å². The summed E-state index contributed by atoms with van der Waals surface area (Å²) in [7, 11) is -3.66. The summed E-state index contributed by atoms with van der Waals surface area (Å²) >= 11 is 7.11. The maximum atomic E-state index is 12.2. The van der Waals surface area contributed by atoms with E-state index in [0.717, 1.165) is 11.3 Å². The molecule has 1 aromatic heterocycles. The number of rotatable bonds is 6. The third kappa shape index (κ3) is 5.57. The molecule has 0 aliphatic rings. The summed E-state index contributed by atoms with van der Waals surface area (Å²) in [6, 6.07) is 15.9. The van der Waals surface area contributed by atoms with Crippen molar-refractivity contribution in [3.63, 3.8) is 0 Å². The van der Waals surface area contributed by atoms with Gasteiger partial charge in [0.15, 0.2) is 0 Å². The first-order chi connectivity index (χ1) is 13.8. The second-order valence-corrected chi connectivity index (χ2v) is 9.15. The van der Waals surface area contributed by atoms with Crippen molar-refractivity contribution in [1.29, 1.82) is 0 Å². The highest BCUT2D eigenvalue weighted by molar-refractivity contribution is 7.94. The van der Waals surface area contributed by atoms with E-state index in [1.165, 1.54) is 30.3 Å². The van der Waals surface area contributed by atoms with Crippen molar-refractivity contribution < 1.29 is 18.0 Å². The topological polar surface area (TPSA) is 104 Å². The molecule has 3 aromatic rings. The molecule has 0 bridgehead atoms. The highest BCUT2D eigenvalue weighted by atomic mass is 35.5. The fourth-order valence-corrected chi connectivity index (χ4v) is 4.62. The fraction of sp³-hybridized carbons (Fsp3) is 0.0526. The van der Waals surface area contributed by atoms with Gasteiger partial charge in [-0.3, -0.25) is 25.2 Å². The number of carbonyl (C=O) groups is 2. The second-order valence-electron chi connectivity index (χ2n) is 5.89. The van der Waals surface area contributed by atoms with Crippen LogP contribution in [0.2, 0.25) is 5.02 Å². The van der Waals surface area contributed by atoms with Crippen LogP contribution in [0.4, 0.5) is 5.69 Å². The minimum Gasteiger partial charge on any atom is -0.279 e. The summed E-state index contributed by atoms with van der Waals surface area (Å²) in [5.74, 6) is -0.961. The largest absolute Gasteiger partial charge is 0.279 e. The molecular formula is C19H16ClN3O4S2. The molecule has 2 aromatic carbocycles. The number of amides is 2. The Bertz CT molecular complexity index is 1110. The van der Waals surface area contributed by atoms with Gasteiger partial charge in [-0.05, 0) is 47.3 Å². The standard InChI is InChI=1S/C19H16ClN3O4S2/c20-16-5-2-1-4-14(16)12-17(24)21-22-19(25)13-7-9-15(10-8-13)23-29(26,27)18-6-3-11-28-18/h1-11,23H,12H2,(H,21,24)(H,22,25). The average Bonchev–Trinajstić information content (AvgIpc) is 3.24. The molecule has 0 saturated heterocycles. The Morgan fingerprint density at radius 2 is 1.66 bits per heavy atom. The van der Waals surface area contributed by atoms with Crippen LogP contribution in [-0.2, 0) is 21.2 Å². The fourth-order valence-electron chi connectivity index (χ4n) is 2.37. The Kier molecular flexibility index (Phi) is 6.53. The van der Waals surface area contributed by atoms with Crippen LogP contribution in [0.25, 0.3) is 0 Å². The molecule has 0 aliphatic carbocycles. The van der Waals surface area contributed by atoms with Crippen LogP contribution in [0.15, 0.2) is 70.3 Å². The number of nitrogens with one attached hydrogen (secondary N) is 3. The second kappa shape index (κ2) is 9.08. The van der Waals surface area contributed by atoms with E-state index in [2.05, 4.69) is 15.6 Å². The molecule has 10 heteroatoms. The van der Waals surface area contributed by atoms with E-state index in [0.29, 0.717) is 16.3 Å². The number of hydrogen-bond donors (Lipinski definition) is 3. The summed E-state index contributed by atoms with van der Waals surface area (Å²) in [4.78, 5) is 24.1. The van der Waals surface area contributed by atoms with Gasteiger partial charge in [0.2, 0.25) is 5.91 Å². The molecule has 150 valence electrons. The maximum absolute atomic E-state index is 12.2. The summed E-state index contributed by atoms with van der Waals surface area (Å²) in [5.41, 5.74) is 5.84. The van der Waals surface area contributed by atoms with Crippen LogP contribution in [0.3, 0.4) is 0 Å². The molecule has 0 fully saturated rings. The van der Waals surface area contributed by atoms with Gasteiger partial charge in [-0.25, -0.2) is 8.42 Å². The predicted octanol–water partition coefficient (Wildman–Crippen LogP) is 3.21. The number of hydrazine groups is 1. The summed E-state index contributed by atoms with van der Waals surface area (Å²) in [6.45, 7) is 0. The van der Waals surface area contributed by atoms with Crippen molar-refractivity contribution >= 4 is 50.5 Å². The van der Waals surface area contributed by atoms with Crippen LogP contribution in [0.5, 0.6) is 0 Å². The summed E-state index contributed by atoms with van der Waals surface area (Å²) in [6.07, 6.45) is 0.0173. The van der Waals surface area contributed by atoms with Crippen LogP contribution >= 0.6 is 22.9 Å². The van der Waals surface area contributed by atoms with Crippen molar-refractivity contribution in [1.82, 2.24) is 10.9 Å². The molecule has 1 heterocycles. The van der Waals surface area contributed by atoms with E-state index in [9.17, 15) is 18.0 Å². The number of carbonyl (C=O) groups excluding carboxylic acids is 2. The van der Waals surface area contributed by atoms with Gasteiger partial charge in [-0.2, -0.15) is 0 Å². The quantitative estimate of drug-likeness (QED) is 0.502. The molecule has 0 aliphatic heterocycles. The van der Waals surface area contributed by atoms with Crippen molar-refractivity contribution in [2.75, 3.05) is 4.72 Å². The minimum absolute atomic E-state index is 0.0173.